The van der Waals surface area contributed by atoms with Crippen LogP contribution in [0.1, 0.15) is 51.1 Å². The Bertz CT molecular complexity index is 402. The van der Waals surface area contributed by atoms with Crippen LogP contribution in [0.4, 0.5) is 4.39 Å². The first-order valence-corrected chi connectivity index (χ1v) is 8.35. The Kier molecular flexibility index (Phi) is 5.71. The van der Waals surface area contributed by atoms with E-state index >= 15 is 0 Å². The molecule has 0 amide bonds. The number of nitrogens with one attached hydrogen (secondary N) is 1. The maximum atomic E-state index is 14.1. The van der Waals surface area contributed by atoms with E-state index in [1.54, 1.807) is 6.07 Å². The molecule has 1 unspecified atom stereocenters. The minimum Gasteiger partial charge on any atom is -0.310 e. The Morgan fingerprint density at radius 2 is 2.11 bits per heavy atom. The van der Waals surface area contributed by atoms with Crippen LogP contribution in [-0.2, 0) is 0 Å². The molecule has 3 heteroatoms. The molecule has 0 aromatic heterocycles. The third-order valence-corrected chi connectivity index (χ3v) is 5.21. The van der Waals surface area contributed by atoms with Crippen molar-refractivity contribution < 1.29 is 4.39 Å². The van der Waals surface area contributed by atoms with Gasteiger partial charge >= 0.3 is 0 Å². The molecule has 0 aliphatic heterocycles. The average Bonchev–Trinajstić information content (AvgIpc) is 2.89. The average molecular weight is 281 g/mol. The lowest BCUT2D eigenvalue weighted by atomic mass is 10.1. The van der Waals surface area contributed by atoms with E-state index in [9.17, 15) is 4.39 Å². The van der Waals surface area contributed by atoms with Crippen molar-refractivity contribution in [3.63, 3.8) is 0 Å². The van der Waals surface area contributed by atoms with E-state index in [0.29, 0.717) is 0 Å². The molecule has 1 aliphatic rings. The largest absolute Gasteiger partial charge is 0.310 e. The van der Waals surface area contributed by atoms with Gasteiger partial charge in [-0.3, -0.25) is 0 Å². The number of hydrogen-bond donors (Lipinski definition) is 1. The highest BCUT2D eigenvalue weighted by molar-refractivity contribution is 7.99. The summed E-state index contributed by atoms with van der Waals surface area (Å²) in [5, 5.41) is 3.32. The lowest BCUT2D eigenvalue weighted by Gasteiger charge is -2.18. The molecule has 1 atom stereocenters. The molecule has 1 fully saturated rings. The Hall–Kier alpha value is -0.540. The maximum Gasteiger partial charge on any atom is 0.129 e. The first kappa shape index (κ1) is 14.9. The van der Waals surface area contributed by atoms with E-state index in [4.69, 9.17) is 0 Å². The van der Waals surface area contributed by atoms with Crippen LogP contribution in [0, 0.1) is 11.7 Å². The Balaban J connectivity index is 2.07. The molecule has 1 saturated carbocycles. The highest BCUT2D eigenvalue weighted by Gasteiger charge is 2.18. The second-order valence-corrected chi connectivity index (χ2v) is 6.45. The van der Waals surface area contributed by atoms with E-state index in [2.05, 4.69) is 18.3 Å². The van der Waals surface area contributed by atoms with Gasteiger partial charge in [0, 0.05) is 22.3 Å². The predicted molar refractivity (Wildman–Crippen MR) is 81.2 cm³/mol. The molecule has 19 heavy (non-hydrogen) atoms. The zero-order valence-corrected chi connectivity index (χ0v) is 12.7. The second-order valence-electron chi connectivity index (χ2n) is 5.39. The van der Waals surface area contributed by atoms with Crippen molar-refractivity contribution in [2.24, 2.45) is 5.92 Å². The topological polar surface area (TPSA) is 12.0 Å². The van der Waals surface area contributed by atoms with Gasteiger partial charge in [-0.1, -0.05) is 25.8 Å². The van der Waals surface area contributed by atoms with Gasteiger partial charge in [0.1, 0.15) is 5.82 Å². The van der Waals surface area contributed by atoms with Crippen LogP contribution in [0.2, 0.25) is 0 Å². The van der Waals surface area contributed by atoms with Crippen molar-refractivity contribution in [2.75, 3.05) is 12.3 Å². The Morgan fingerprint density at radius 3 is 2.79 bits per heavy atom. The molecule has 1 aromatic carbocycles. The molecule has 106 valence electrons. The smallest absolute Gasteiger partial charge is 0.129 e. The van der Waals surface area contributed by atoms with Gasteiger partial charge in [0.15, 0.2) is 0 Å². The summed E-state index contributed by atoms with van der Waals surface area (Å²) >= 11 is 1.83. The van der Waals surface area contributed by atoms with Crippen molar-refractivity contribution in [1.29, 1.82) is 0 Å². The summed E-state index contributed by atoms with van der Waals surface area (Å²) < 4.78 is 14.1. The van der Waals surface area contributed by atoms with Crippen LogP contribution in [0.3, 0.4) is 0 Å². The first-order valence-electron chi connectivity index (χ1n) is 7.37. The molecule has 1 aromatic rings. The monoisotopic (exact) mass is 281 g/mol. The van der Waals surface area contributed by atoms with E-state index in [-0.39, 0.29) is 11.9 Å². The molecule has 0 radical (unpaired) electrons. The third-order valence-electron chi connectivity index (χ3n) is 3.91. The third kappa shape index (κ3) is 3.96. The van der Waals surface area contributed by atoms with Gasteiger partial charge in [-0.2, -0.15) is 0 Å². The lowest BCUT2D eigenvalue weighted by molar-refractivity contribution is 0.531. The van der Waals surface area contributed by atoms with E-state index in [1.807, 2.05) is 24.8 Å². The van der Waals surface area contributed by atoms with Gasteiger partial charge in [-0.25, -0.2) is 4.39 Å². The number of hydrogen-bond acceptors (Lipinski definition) is 2. The molecule has 1 N–H and O–H groups in total. The summed E-state index contributed by atoms with van der Waals surface area (Å²) in [6.07, 6.45) is 5.44. The van der Waals surface area contributed by atoms with E-state index in [0.717, 1.165) is 28.7 Å². The number of benzene rings is 1. The molecule has 1 nitrogen and oxygen atoms in total. The number of rotatable bonds is 6. The van der Waals surface area contributed by atoms with Crippen LogP contribution in [0.25, 0.3) is 0 Å². The van der Waals surface area contributed by atoms with E-state index in [1.165, 1.54) is 25.7 Å². The minimum atomic E-state index is -0.0788. The fourth-order valence-corrected chi connectivity index (χ4v) is 4.21. The molecule has 0 spiro atoms. The fourth-order valence-electron chi connectivity index (χ4n) is 2.86. The number of halogens is 1. The quantitative estimate of drug-likeness (QED) is 0.753. The Labute approximate surface area is 120 Å². The van der Waals surface area contributed by atoms with Gasteiger partial charge in [-0.15, -0.1) is 11.8 Å². The normalized spacial score (nSPS) is 17.8. The van der Waals surface area contributed by atoms with Gasteiger partial charge in [-0.05, 0) is 44.4 Å². The molecular weight excluding hydrogens is 257 g/mol. The highest BCUT2D eigenvalue weighted by atomic mass is 32.2. The summed E-state index contributed by atoms with van der Waals surface area (Å²) in [5.74, 6) is 1.88. The van der Waals surface area contributed by atoms with E-state index < -0.39 is 0 Å². The van der Waals surface area contributed by atoms with Crippen LogP contribution in [0.5, 0.6) is 0 Å². The Morgan fingerprint density at radius 1 is 1.37 bits per heavy atom. The number of thioether (sulfide) groups is 1. The SMILES string of the molecule is CCNC(C)c1c(F)cccc1SCC1CCCC1. The van der Waals surface area contributed by atoms with Crippen molar-refractivity contribution in [2.45, 2.75) is 50.5 Å². The maximum absolute atomic E-state index is 14.1. The van der Waals surface area contributed by atoms with Crippen LogP contribution in [0.15, 0.2) is 23.1 Å². The summed E-state index contributed by atoms with van der Waals surface area (Å²) in [6, 6.07) is 5.54. The van der Waals surface area contributed by atoms with Gasteiger partial charge in [0.25, 0.3) is 0 Å². The summed E-state index contributed by atoms with van der Waals surface area (Å²) in [6.45, 7) is 4.96. The fraction of sp³-hybridized carbons (Fsp3) is 0.625. The van der Waals surface area contributed by atoms with Crippen LogP contribution < -0.4 is 5.32 Å². The van der Waals surface area contributed by atoms with Crippen molar-refractivity contribution >= 4 is 11.8 Å². The molecule has 0 saturated heterocycles. The molecule has 2 rings (SSSR count). The molecular formula is C16H24FNS. The van der Waals surface area contributed by atoms with Gasteiger partial charge < -0.3 is 5.32 Å². The lowest BCUT2D eigenvalue weighted by Crippen LogP contribution is -2.19. The summed E-state index contributed by atoms with van der Waals surface area (Å²) in [5.41, 5.74) is 0.840. The summed E-state index contributed by atoms with van der Waals surface area (Å²) in [4.78, 5) is 1.11. The van der Waals surface area contributed by atoms with Crippen LogP contribution in [-0.4, -0.2) is 12.3 Å². The zero-order valence-electron chi connectivity index (χ0n) is 11.9. The second kappa shape index (κ2) is 7.30. The molecule has 0 heterocycles. The minimum absolute atomic E-state index is 0.0788. The van der Waals surface area contributed by atoms with Crippen LogP contribution >= 0.6 is 11.8 Å². The van der Waals surface area contributed by atoms with Crippen molar-refractivity contribution in [3.8, 4) is 0 Å². The molecule has 1 aliphatic carbocycles. The van der Waals surface area contributed by atoms with Gasteiger partial charge in [0.2, 0.25) is 0 Å². The van der Waals surface area contributed by atoms with Crippen molar-refractivity contribution in [3.05, 3.63) is 29.6 Å². The molecule has 0 bridgehead atoms. The van der Waals surface area contributed by atoms with Crippen molar-refractivity contribution in [1.82, 2.24) is 5.32 Å². The van der Waals surface area contributed by atoms with Gasteiger partial charge in [0.05, 0.1) is 0 Å². The first-order chi connectivity index (χ1) is 9.22. The zero-order chi connectivity index (χ0) is 13.7. The highest BCUT2D eigenvalue weighted by Crippen LogP contribution is 2.34. The predicted octanol–water partition coefficient (Wildman–Crippen LogP) is 4.78. The standard InChI is InChI=1S/C16H24FNS/c1-3-18-12(2)16-14(17)9-6-10-15(16)19-11-13-7-4-5-8-13/h6,9-10,12-13,18H,3-5,7-8,11H2,1-2H3. The summed E-state index contributed by atoms with van der Waals surface area (Å²) in [7, 11) is 0.